The first-order valence-electron chi connectivity index (χ1n) is 11.0. The molecule has 0 radical (unpaired) electrons. The van der Waals surface area contributed by atoms with Crippen LogP contribution >= 0.6 is 0 Å². The molecule has 1 N–H and O–H groups in total. The van der Waals surface area contributed by atoms with Crippen LogP contribution in [0, 0.1) is 5.41 Å². The Kier molecular flexibility index (Phi) is 6.32. The molecule has 2 aliphatic heterocycles. The fourth-order valence-electron chi connectivity index (χ4n) is 4.54. The van der Waals surface area contributed by atoms with E-state index in [-0.39, 0.29) is 12.0 Å². The second-order valence-electron chi connectivity index (χ2n) is 8.96. The molecule has 4 nitrogen and oxygen atoms in total. The minimum absolute atomic E-state index is 0.0998. The lowest BCUT2D eigenvalue weighted by Gasteiger charge is -2.43. The standard InChI is InChI=1S/C25H29F3N2O2/c1-17(2)32-24(15-31-16-24)21-7-5-20(6-8-21)23(29)30-13-11-19(12-14-30)18-3-9-22(10-4-18)25(26,27)28/h3-10,17,19,29H,11-16H2,1-2H3. The Bertz CT molecular complexity index is 927. The van der Waals surface area contributed by atoms with Crippen molar-refractivity contribution in [3.8, 4) is 0 Å². The van der Waals surface area contributed by atoms with Gasteiger partial charge in [-0.15, -0.1) is 0 Å². The number of amidine groups is 1. The first-order chi connectivity index (χ1) is 15.2. The Balaban J connectivity index is 1.36. The first-order valence-corrected chi connectivity index (χ1v) is 11.0. The van der Waals surface area contributed by atoms with Crippen LogP contribution in [0.3, 0.4) is 0 Å². The molecule has 2 heterocycles. The maximum absolute atomic E-state index is 12.8. The third kappa shape index (κ3) is 4.69. The third-order valence-electron chi connectivity index (χ3n) is 6.34. The Morgan fingerprint density at radius 1 is 1.03 bits per heavy atom. The number of alkyl halides is 3. The van der Waals surface area contributed by atoms with E-state index in [9.17, 15) is 13.2 Å². The fraction of sp³-hybridized carbons (Fsp3) is 0.480. The van der Waals surface area contributed by atoms with Gasteiger partial charge in [0.2, 0.25) is 0 Å². The molecule has 2 saturated heterocycles. The summed E-state index contributed by atoms with van der Waals surface area (Å²) in [6.45, 7) is 6.52. The van der Waals surface area contributed by atoms with Gasteiger partial charge in [0.15, 0.2) is 0 Å². The van der Waals surface area contributed by atoms with Crippen LogP contribution in [-0.2, 0) is 21.3 Å². The molecule has 2 fully saturated rings. The summed E-state index contributed by atoms with van der Waals surface area (Å²) in [5.41, 5.74) is 1.84. The highest BCUT2D eigenvalue weighted by Crippen LogP contribution is 2.36. The van der Waals surface area contributed by atoms with Gasteiger partial charge in [0.1, 0.15) is 11.4 Å². The van der Waals surface area contributed by atoms with E-state index in [1.807, 2.05) is 43.0 Å². The number of hydrogen-bond donors (Lipinski definition) is 1. The van der Waals surface area contributed by atoms with Gasteiger partial charge in [0.05, 0.1) is 24.9 Å². The zero-order valence-corrected chi connectivity index (χ0v) is 18.4. The monoisotopic (exact) mass is 446 g/mol. The molecular formula is C25H29F3N2O2. The fourth-order valence-corrected chi connectivity index (χ4v) is 4.54. The van der Waals surface area contributed by atoms with Crippen LogP contribution in [0.2, 0.25) is 0 Å². The second kappa shape index (κ2) is 8.87. The molecule has 0 spiro atoms. The summed E-state index contributed by atoms with van der Waals surface area (Å²) in [7, 11) is 0. The summed E-state index contributed by atoms with van der Waals surface area (Å²) in [5.74, 6) is 0.696. The van der Waals surface area contributed by atoms with Crippen LogP contribution in [0.5, 0.6) is 0 Å². The molecule has 7 heteroatoms. The number of nitrogens with zero attached hydrogens (tertiary/aromatic N) is 1. The van der Waals surface area contributed by atoms with Crippen LogP contribution in [0.1, 0.15) is 54.9 Å². The summed E-state index contributed by atoms with van der Waals surface area (Å²) in [6.07, 6.45) is -2.58. The van der Waals surface area contributed by atoms with Crippen LogP contribution in [0.4, 0.5) is 13.2 Å². The van der Waals surface area contributed by atoms with Crippen molar-refractivity contribution in [3.05, 3.63) is 70.8 Å². The predicted molar refractivity (Wildman–Crippen MR) is 117 cm³/mol. The maximum atomic E-state index is 12.8. The molecule has 2 aromatic rings. The van der Waals surface area contributed by atoms with E-state index in [2.05, 4.69) is 0 Å². The van der Waals surface area contributed by atoms with Gasteiger partial charge < -0.3 is 14.4 Å². The van der Waals surface area contributed by atoms with Crippen LogP contribution < -0.4 is 0 Å². The third-order valence-corrected chi connectivity index (χ3v) is 6.34. The smallest absolute Gasteiger partial charge is 0.375 e. The SMILES string of the molecule is CC(C)OC1(c2ccc(C(=N)N3CCC(c4ccc(C(F)(F)F)cc4)CC3)cc2)COC1. The average molecular weight is 447 g/mol. The van der Waals surface area contributed by atoms with Crippen molar-refractivity contribution < 1.29 is 22.6 Å². The normalized spacial score (nSPS) is 19.1. The van der Waals surface area contributed by atoms with Crippen LogP contribution in [0.15, 0.2) is 48.5 Å². The predicted octanol–water partition coefficient (Wildman–Crippen LogP) is 5.56. The lowest BCUT2D eigenvalue weighted by Crippen LogP contribution is -2.50. The molecule has 0 saturated carbocycles. The van der Waals surface area contributed by atoms with Crippen molar-refractivity contribution in [2.45, 2.75) is 50.5 Å². The number of halogens is 3. The number of likely N-dealkylation sites (tertiary alicyclic amines) is 1. The maximum Gasteiger partial charge on any atom is 0.416 e. The Hall–Kier alpha value is -2.38. The Morgan fingerprint density at radius 3 is 2.09 bits per heavy atom. The van der Waals surface area contributed by atoms with Gasteiger partial charge in [-0.2, -0.15) is 13.2 Å². The minimum Gasteiger partial charge on any atom is -0.375 e. The first kappa shape index (κ1) is 22.8. The van der Waals surface area contributed by atoms with Gasteiger partial charge >= 0.3 is 6.18 Å². The highest BCUT2D eigenvalue weighted by atomic mass is 19.4. The number of hydrogen-bond acceptors (Lipinski definition) is 3. The van der Waals surface area contributed by atoms with E-state index in [1.165, 1.54) is 0 Å². The Morgan fingerprint density at radius 2 is 1.62 bits per heavy atom. The summed E-state index contributed by atoms with van der Waals surface area (Å²) in [6, 6.07) is 13.5. The van der Waals surface area contributed by atoms with E-state index in [1.54, 1.807) is 12.1 Å². The van der Waals surface area contributed by atoms with Gasteiger partial charge in [0.25, 0.3) is 0 Å². The molecule has 0 aromatic heterocycles. The summed E-state index contributed by atoms with van der Waals surface area (Å²) >= 11 is 0. The van der Waals surface area contributed by atoms with Crippen molar-refractivity contribution in [1.29, 1.82) is 5.41 Å². The van der Waals surface area contributed by atoms with Gasteiger partial charge in [-0.3, -0.25) is 5.41 Å². The van der Waals surface area contributed by atoms with E-state index in [4.69, 9.17) is 14.9 Å². The van der Waals surface area contributed by atoms with E-state index >= 15 is 0 Å². The van der Waals surface area contributed by atoms with Crippen molar-refractivity contribution in [2.75, 3.05) is 26.3 Å². The zero-order valence-electron chi connectivity index (χ0n) is 18.4. The summed E-state index contributed by atoms with van der Waals surface area (Å²) in [4.78, 5) is 2.04. The Labute approximate surface area is 186 Å². The summed E-state index contributed by atoms with van der Waals surface area (Å²) in [5, 5.41) is 8.63. The topological polar surface area (TPSA) is 45.5 Å². The highest BCUT2D eigenvalue weighted by Gasteiger charge is 2.42. The van der Waals surface area contributed by atoms with Crippen LogP contribution in [-0.4, -0.2) is 43.1 Å². The van der Waals surface area contributed by atoms with Crippen molar-refractivity contribution in [3.63, 3.8) is 0 Å². The summed E-state index contributed by atoms with van der Waals surface area (Å²) < 4.78 is 49.9. The molecule has 32 heavy (non-hydrogen) atoms. The van der Waals surface area contributed by atoms with Crippen molar-refractivity contribution in [1.82, 2.24) is 4.90 Å². The number of piperidine rings is 1. The largest absolute Gasteiger partial charge is 0.416 e. The van der Waals surface area contributed by atoms with Gasteiger partial charge in [0, 0.05) is 18.7 Å². The molecule has 0 aliphatic carbocycles. The lowest BCUT2D eigenvalue weighted by atomic mass is 9.88. The number of nitrogens with one attached hydrogen (secondary N) is 1. The molecule has 0 unspecified atom stereocenters. The minimum atomic E-state index is -4.31. The molecule has 0 atom stereocenters. The van der Waals surface area contributed by atoms with Gasteiger partial charge in [-0.1, -0.05) is 36.4 Å². The molecule has 172 valence electrons. The number of ether oxygens (including phenoxy) is 2. The molecule has 2 aromatic carbocycles. The number of benzene rings is 2. The second-order valence-corrected chi connectivity index (χ2v) is 8.96. The molecule has 2 aliphatic rings. The molecule has 4 rings (SSSR count). The van der Waals surface area contributed by atoms with Crippen molar-refractivity contribution >= 4 is 5.84 Å². The highest BCUT2D eigenvalue weighted by molar-refractivity contribution is 5.96. The molecule has 0 amide bonds. The quantitative estimate of drug-likeness (QED) is 0.483. The van der Waals surface area contributed by atoms with E-state index in [0.29, 0.717) is 32.1 Å². The van der Waals surface area contributed by atoms with Gasteiger partial charge in [-0.25, -0.2) is 0 Å². The lowest BCUT2D eigenvalue weighted by molar-refractivity contribution is -0.232. The average Bonchev–Trinajstić information content (AvgIpc) is 2.75. The zero-order chi connectivity index (χ0) is 22.9. The van der Waals surface area contributed by atoms with E-state index in [0.717, 1.165) is 41.7 Å². The number of rotatable bonds is 5. The molecular weight excluding hydrogens is 417 g/mol. The van der Waals surface area contributed by atoms with Crippen molar-refractivity contribution in [2.24, 2.45) is 0 Å². The van der Waals surface area contributed by atoms with E-state index < -0.39 is 17.3 Å². The van der Waals surface area contributed by atoms with Gasteiger partial charge in [-0.05, 0) is 55.9 Å². The molecule has 0 bridgehead atoms. The van der Waals surface area contributed by atoms with Crippen LogP contribution in [0.25, 0.3) is 0 Å².